The molecule has 1 nitrogen and oxygen atoms in total. The van der Waals surface area contributed by atoms with Crippen LogP contribution in [0.25, 0.3) is 0 Å². The van der Waals surface area contributed by atoms with Gasteiger partial charge in [-0.05, 0) is 25.0 Å². The highest BCUT2D eigenvalue weighted by Crippen LogP contribution is 2.26. The van der Waals surface area contributed by atoms with Crippen LogP contribution in [0.3, 0.4) is 0 Å². The molecular formula is C16H26ClN. The summed E-state index contributed by atoms with van der Waals surface area (Å²) in [5.41, 5.74) is 1.20. The molecule has 0 aliphatic rings. The van der Waals surface area contributed by atoms with E-state index in [2.05, 4.69) is 30.9 Å². The van der Waals surface area contributed by atoms with Crippen LogP contribution in [0.1, 0.15) is 52.4 Å². The SMILES string of the molecule is CCCCCN(CCCCC)c1ccccc1Cl. The van der Waals surface area contributed by atoms with Gasteiger partial charge in [0.05, 0.1) is 10.7 Å². The van der Waals surface area contributed by atoms with Crippen LogP contribution in [0.15, 0.2) is 24.3 Å². The van der Waals surface area contributed by atoms with Crippen LogP contribution in [-0.2, 0) is 0 Å². The van der Waals surface area contributed by atoms with E-state index in [0.717, 1.165) is 18.1 Å². The maximum absolute atomic E-state index is 6.30. The van der Waals surface area contributed by atoms with Crippen molar-refractivity contribution in [3.8, 4) is 0 Å². The molecule has 0 saturated heterocycles. The maximum Gasteiger partial charge on any atom is 0.0639 e. The summed E-state index contributed by atoms with van der Waals surface area (Å²) in [6, 6.07) is 8.21. The molecule has 2 heteroatoms. The Morgan fingerprint density at radius 2 is 1.44 bits per heavy atom. The Balaban J connectivity index is 2.60. The average molecular weight is 268 g/mol. The molecule has 18 heavy (non-hydrogen) atoms. The van der Waals surface area contributed by atoms with E-state index in [0.29, 0.717) is 0 Å². The molecule has 102 valence electrons. The van der Waals surface area contributed by atoms with Gasteiger partial charge in [0.15, 0.2) is 0 Å². The lowest BCUT2D eigenvalue weighted by Gasteiger charge is -2.26. The second kappa shape index (κ2) is 9.27. The van der Waals surface area contributed by atoms with Crippen molar-refractivity contribution < 1.29 is 0 Å². The molecule has 1 aromatic rings. The van der Waals surface area contributed by atoms with Crippen LogP contribution in [0.5, 0.6) is 0 Å². The number of hydrogen-bond donors (Lipinski definition) is 0. The third-order valence-electron chi connectivity index (χ3n) is 3.26. The topological polar surface area (TPSA) is 3.24 Å². The lowest BCUT2D eigenvalue weighted by molar-refractivity contribution is 0.636. The fourth-order valence-electron chi connectivity index (χ4n) is 2.17. The Bertz CT molecular complexity index is 315. The summed E-state index contributed by atoms with van der Waals surface area (Å²) >= 11 is 6.30. The van der Waals surface area contributed by atoms with Crippen LogP contribution in [0, 0.1) is 0 Å². The van der Waals surface area contributed by atoms with Crippen LogP contribution in [0.4, 0.5) is 5.69 Å². The molecule has 0 unspecified atom stereocenters. The highest BCUT2D eigenvalue weighted by molar-refractivity contribution is 6.33. The first-order valence-electron chi connectivity index (χ1n) is 7.29. The van der Waals surface area contributed by atoms with Crippen molar-refractivity contribution in [2.24, 2.45) is 0 Å². The lowest BCUT2D eigenvalue weighted by Crippen LogP contribution is -2.26. The van der Waals surface area contributed by atoms with Crippen molar-refractivity contribution in [3.05, 3.63) is 29.3 Å². The zero-order valence-electron chi connectivity index (χ0n) is 11.8. The molecule has 0 aromatic heterocycles. The molecule has 0 saturated carbocycles. The minimum absolute atomic E-state index is 0.880. The predicted octanol–water partition coefficient (Wildman–Crippen LogP) is 5.53. The fourth-order valence-corrected chi connectivity index (χ4v) is 2.42. The summed E-state index contributed by atoms with van der Waals surface area (Å²) in [6.45, 7) is 6.75. The molecule has 0 bridgehead atoms. The van der Waals surface area contributed by atoms with Crippen molar-refractivity contribution in [2.45, 2.75) is 52.4 Å². The molecule has 0 atom stereocenters. The summed E-state index contributed by atoms with van der Waals surface area (Å²) in [6.07, 6.45) is 7.65. The van der Waals surface area contributed by atoms with Crippen molar-refractivity contribution in [2.75, 3.05) is 18.0 Å². The average Bonchev–Trinajstić information content (AvgIpc) is 2.38. The smallest absolute Gasteiger partial charge is 0.0639 e. The standard InChI is InChI=1S/C16H26ClN/c1-3-5-9-13-18(14-10-6-4-2)16-12-8-7-11-15(16)17/h7-8,11-12H,3-6,9-10,13-14H2,1-2H3. The molecule has 0 amide bonds. The molecule has 0 aliphatic heterocycles. The van der Waals surface area contributed by atoms with Crippen molar-refractivity contribution >= 4 is 17.3 Å². The summed E-state index contributed by atoms with van der Waals surface area (Å²) in [5.74, 6) is 0. The first kappa shape index (κ1) is 15.4. The number of hydrogen-bond acceptors (Lipinski definition) is 1. The van der Waals surface area contributed by atoms with Gasteiger partial charge in [-0.2, -0.15) is 0 Å². The van der Waals surface area contributed by atoms with Gasteiger partial charge in [0.2, 0.25) is 0 Å². The largest absolute Gasteiger partial charge is 0.370 e. The normalized spacial score (nSPS) is 10.6. The molecule has 0 spiro atoms. The van der Waals surface area contributed by atoms with Gasteiger partial charge in [-0.15, -0.1) is 0 Å². The Hall–Kier alpha value is -0.690. The highest BCUT2D eigenvalue weighted by Gasteiger charge is 2.08. The summed E-state index contributed by atoms with van der Waals surface area (Å²) in [4.78, 5) is 2.45. The molecule has 0 aliphatic carbocycles. The van der Waals surface area contributed by atoms with Crippen LogP contribution < -0.4 is 4.90 Å². The number of nitrogens with zero attached hydrogens (tertiary/aromatic N) is 1. The first-order chi connectivity index (χ1) is 8.79. The van der Waals surface area contributed by atoms with Crippen LogP contribution in [-0.4, -0.2) is 13.1 Å². The Kier molecular flexibility index (Phi) is 7.91. The van der Waals surface area contributed by atoms with E-state index >= 15 is 0 Å². The number of anilines is 1. The van der Waals surface area contributed by atoms with Crippen LogP contribution in [0.2, 0.25) is 5.02 Å². The molecule has 0 heterocycles. The van der Waals surface area contributed by atoms with E-state index in [9.17, 15) is 0 Å². The van der Waals surface area contributed by atoms with E-state index in [1.165, 1.54) is 44.2 Å². The Morgan fingerprint density at radius 1 is 0.889 bits per heavy atom. The summed E-state index contributed by atoms with van der Waals surface area (Å²) in [5, 5.41) is 0.880. The van der Waals surface area contributed by atoms with Gasteiger partial charge < -0.3 is 4.90 Å². The first-order valence-corrected chi connectivity index (χ1v) is 7.66. The van der Waals surface area contributed by atoms with E-state index < -0.39 is 0 Å². The van der Waals surface area contributed by atoms with Crippen LogP contribution >= 0.6 is 11.6 Å². The lowest BCUT2D eigenvalue weighted by atomic mass is 10.2. The fraction of sp³-hybridized carbons (Fsp3) is 0.625. The van der Waals surface area contributed by atoms with E-state index in [4.69, 9.17) is 11.6 Å². The van der Waals surface area contributed by atoms with Gasteiger partial charge in [-0.1, -0.05) is 63.3 Å². The predicted molar refractivity (Wildman–Crippen MR) is 82.7 cm³/mol. The number of para-hydroxylation sites is 1. The van der Waals surface area contributed by atoms with Gasteiger partial charge in [0.25, 0.3) is 0 Å². The third-order valence-corrected chi connectivity index (χ3v) is 3.58. The number of unbranched alkanes of at least 4 members (excludes halogenated alkanes) is 4. The third kappa shape index (κ3) is 5.30. The van der Waals surface area contributed by atoms with Gasteiger partial charge in [-0.25, -0.2) is 0 Å². The Morgan fingerprint density at radius 3 is 1.94 bits per heavy atom. The van der Waals surface area contributed by atoms with Gasteiger partial charge in [-0.3, -0.25) is 0 Å². The second-order valence-corrected chi connectivity index (χ2v) is 5.26. The summed E-state index contributed by atoms with van der Waals surface area (Å²) in [7, 11) is 0. The van der Waals surface area contributed by atoms with E-state index in [1.54, 1.807) is 0 Å². The van der Waals surface area contributed by atoms with Crippen molar-refractivity contribution in [3.63, 3.8) is 0 Å². The van der Waals surface area contributed by atoms with E-state index in [-0.39, 0.29) is 0 Å². The second-order valence-electron chi connectivity index (χ2n) is 4.85. The van der Waals surface area contributed by atoms with E-state index in [1.807, 2.05) is 12.1 Å². The molecule has 0 N–H and O–H groups in total. The zero-order chi connectivity index (χ0) is 13.2. The minimum Gasteiger partial charge on any atom is -0.370 e. The Labute approximate surface area is 117 Å². The number of halogens is 1. The van der Waals surface area contributed by atoms with Gasteiger partial charge in [0, 0.05) is 13.1 Å². The molecule has 1 rings (SSSR count). The maximum atomic E-state index is 6.30. The highest BCUT2D eigenvalue weighted by atomic mass is 35.5. The van der Waals surface area contributed by atoms with Crippen molar-refractivity contribution in [1.82, 2.24) is 0 Å². The van der Waals surface area contributed by atoms with Gasteiger partial charge in [0.1, 0.15) is 0 Å². The zero-order valence-corrected chi connectivity index (χ0v) is 12.5. The molecule has 0 fully saturated rings. The number of benzene rings is 1. The quantitative estimate of drug-likeness (QED) is 0.532. The summed E-state index contributed by atoms with van der Waals surface area (Å²) < 4.78 is 0. The molecular weight excluding hydrogens is 242 g/mol. The van der Waals surface area contributed by atoms with Crippen molar-refractivity contribution in [1.29, 1.82) is 0 Å². The number of rotatable bonds is 9. The monoisotopic (exact) mass is 267 g/mol. The minimum atomic E-state index is 0.880. The van der Waals surface area contributed by atoms with Gasteiger partial charge >= 0.3 is 0 Å². The molecule has 1 aromatic carbocycles. The molecule has 0 radical (unpaired) electrons.